The van der Waals surface area contributed by atoms with Gasteiger partial charge >= 0.3 is 0 Å². The quantitative estimate of drug-likeness (QED) is 0.163. The summed E-state index contributed by atoms with van der Waals surface area (Å²) in [5.74, 6) is 0.874. The van der Waals surface area contributed by atoms with Crippen LogP contribution in [0.3, 0.4) is 0 Å². The Morgan fingerprint density at radius 1 is 0.424 bits per heavy atom. The number of fused-ring (bicyclic) bond motifs is 7. The first kappa shape index (κ1) is 35.5. The Bertz CT molecular complexity index is 2980. The molecule has 284 valence electrons. The van der Waals surface area contributed by atoms with E-state index in [2.05, 4.69) is 233 Å². The molecule has 2 unspecified atom stereocenters. The second kappa shape index (κ2) is 13.4. The molecule has 0 saturated carbocycles. The van der Waals surface area contributed by atoms with Gasteiger partial charge in [0.05, 0.1) is 0 Å². The maximum absolute atomic E-state index is 2.47. The Kier molecular flexibility index (Phi) is 8.07. The van der Waals surface area contributed by atoms with Gasteiger partial charge in [-0.1, -0.05) is 185 Å². The number of rotatable bonds is 6. The fourth-order valence-electron chi connectivity index (χ4n) is 10.7. The molecule has 0 saturated heterocycles. The van der Waals surface area contributed by atoms with Crippen molar-refractivity contribution in [2.75, 3.05) is 4.90 Å². The third kappa shape index (κ3) is 5.59. The fraction of sp³-hybridized carbons (Fsp3) is 0.138. The number of hydrogen-bond acceptors (Lipinski definition) is 1. The van der Waals surface area contributed by atoms with E-state index in [0.29, 0.717) is 11.8 Å². The standard InChI is InChI=1S/C58H47N/c1-57(2)52-20-12-10-18-48(52)50-34-27-42(36-54(50)57)56-46-17-9-8-16-40(46)26-33-47(56)41-24-30-44(31-25-41)59(43-28-22-39(23-29-43)38-14-6-5-7-15-38)45-32-35-51-49-19-11-13-21-53(49)58(3,4)55(51)37-45/h5-37,49,53H,1-4H3. The monoisotopic (exact) mass is 757 g/mol. The lowest BCUT2D eigenvalue weighted by molar-refractivity contribution is 0.394. The number of nitrogens with zero attached hydrogens (tertiary/aromatic N) is 1. The fourth-order valence-corrected chi connectivity index (χ4v) is 10.7. The van der Waals surface area contributed by atoms with Crippen LogP contribution in [-0.2, 0) is 10.8 Å². The summed E-state index contributed by atoms with van der Waals surface area (Å²) in [6, 6.07) is 65.7. The second-order valence-electron chi connectivity index (χ2n) is 17.7. The van der Waals surface area contributed by atoms with Gasteiger partial charge in [0.2, 0.25) is 0 Å². The highest BCUT2D eigenvalue weighted by Crippen LogP contribution is 2.55. The van der Waals surface area contributed by atoms with E-state index < -0.39 is 0 Å². The molecule has 2 atom stereocenters. The van der Waals surface area contributed by atoms with Crippen molar-refractivity contribution in [3.63, 3.8) is 0 Å². The zero-order valence-corrected chi connectivity index (χ0v) is 34.2. The largest absolute Gasteiger partial charge is 0.310 e. The van der Waals surface area contributed by atoms with E-state index in [4.69, 9.17) is 0 Å². The van der Waals surface area contributed by atoms with Crippen LogP contribution < -0.4 is 4.90 Å². The first-order valence-electron chi connectivity index (χ1n) is 21.1. The van der Waals surface area contributed by atoms with Crippen LogP contribution in [0, 0.1) is 5.92 Å². The zero-order valence-electron chi connectivity index (χ0n) is 34.2. The molecule has 0 amide bonds. The lowest BCUT2D eigenvalue weighted by Crippen LogP contribution is -2.24. The van der Waals surface area contributed by atoms with E-state index in [-0.39, 0.29) is 10.8 Å². The van der Waals surface area contributed by atoms with Gasteiger partial charge in [0, 0.05) is 28.4 Å². The minimum Gasteiger partial charge on any atom is -0.310 e. The van der Waals surface area contributed by atoms with Crippen molar-refractivity contribution in [2.45, 2.75) is 44.4 Å². The van der Waals surface area contributed by atoms with E-state index in [1.54, 1.807) is 0 Å². The Morgan fingerprint density at radius 3 is 1.83 bits per heavy atom. The van der Waals surface area contributed by atoms with Crippen molar-refractivity contribution < 1.29 is 0 Å². The van der Waals surface area contributed by atoms with Gasteiger partial charge in [-0.3, -0.25) is 0 Å². The highest BCUT2D eigenvalue weighted by Gasteiger charge is 2.44. The molecule has 1 nitrogen and oxygen atoms in total. The molecule has 0 radical (unpaired) electrons. The molecule has 3 aliphatic rings. The molecule has 3 aliphatic carbocycles. The Labute approximate surface area is 348 Å². The minimum atomic E-state index is -0.0741. The third-order valence-electron chi connectivity index (χ3n) is 13.8. The molecular weight excluding hydrogens is 711 g/mol. The minimum absolute atomic E-state index is 0.0198. The predicted octanol–water partition coefficient (Wildman–Crippen LogP) is 15.7. The summed E-state index contributed by atoms with van der Waals surface area (Å²) in [4.78, 5) is 2.43. The molecule has 0 spiro atoms. The van der Waals surface area contributed by atoms with Gasteiger partial charge in [-0.2, -0.15) is 0 Å². The van der Waals surface area contributed by atoms with E-state index in [1.165, 1.54) is 83.2 Å². The Hall–Kier alpha value is -6.70. The van der Waals surface area contributed by atoms with Gasteiger partial charge in [0.15, 0.2) is 0 Å². The third-order valence-corrected chi connectivity index (χ3v) is 13.8. The molecule has 8 aromatic rings. The number of allylic oxidation sites excluding steroid dienone is 4. The Morgan fingerprint density at radius 2 is 1.03 bits per heavy atom. The predicted molar refractivity (Wildman–Crippen MR) is 250 cm³/mol. The average molecular weight is 758 g/mol. The molecule has 0 aliphatic heterocycles. The molecule has 0 fully saturated rings. The van der Waals surface area contributed by atoms with Crippen molar-refractivity contribution in [1.29, 1.82) is 0 Å². The molecule has 0 N–H and O–H groups in total. The van der Waals surface area contributed by atoms with Gasteiger partial charge < -0.3 is 4.90 Å². The van der Waals surface area contributed by atoms with Crippen LogP contribution in [0.2, 0.25) is 0 Å². The number of benzene rings is 8. The second-order valence-corrected chi connectivity index (χ2v) is 17.7. The van der Waals surface area contributed by atoms with Crippen molar-refractivity contribution in [2.24, 2.45) is 5.92 Å². The van der Waals surface area contributed by atoms with E-state index in [9.17, 15) is 0 Å². The summed E-state index contributed by atoms with van der Waals surface area (Å²) in [5, 5.41) is 2.52. The number of anilines is 3. The SMILES string of the molecule is CC1(C)c2ccccc2-c2ccc(-c3c(-c4ccc(N(c5ccc(-c6ccccc6)cc5)c5ccc6c(c5)C(C)(C)C5C=CC=CC65)cc4)ccc4ccccc34)cc21. The smallest absolute Gasteiger partial charge is 0.0464 e. The van der Waals surface area contributed by atoms with Crippen LogP contribution in [-0.4, -0.2) is 0 Å². The molecule has 1 heteroatoms. The van der Waals surface area contributed by atoms with Crippen LogP contribution in [0.4, 0.5) is 17.1 Å². The summed E-state index contributed by atoms with van der Waals surface area (Å²) >= 11 is 0. The molecule has 0 aromatic heterocycles. The highest BCUT2D eigenvalue weighted by molar-refractivity contribution is 6.05. The lowest BCUT2D eigenvalue weighted by Gasteiger charge is -2.30. The zero-order chi connectivity index (χ0) is 39.9. The van der Waals surface area contributed by atoms with Crippen LogP contribution in [0.15, 0.2) is 200 Å². The van der Waals surface area contributed by atoms with Gasteiger partial charge in [0.25, 0.3) is 0 Å². The average Bonchev–Trinajstić information content (AvgIpc) is 3.66. The van der Waals surface area contributed by atoms with Gasteiger partial charge in [0.1, 0.15) is 0 Å². The van der Waals surface area contributed by atoms with Crippen molar-refractivity contribution in [3.05, 3.63) is 222 Å². The summed E-state index contributed by atoms with van der Waals surface area (Å²) < 4.78 is 0. The van der Waals surface area contributed by atoms with E-state index >= 15 is 0 Å². The van der Waals surface area contributed by atoms with Crippen LogP contribution in [0.1, 0.15) is 55.9 Å². The van der Waals surface area contributed by atoms with E-state index in [0.717, 1.165) is 11.4 Å². The molecule has 8 aromatic carbocycles. The van der Waals surface area contributed by atoms with Crippen LogP contribution in [0.25, 0.3) is 55.3 Å². The molecule has 11 rings (SSSR count). The van der Waals surface area contributed by atoms with Crippen LogP contribution >= 0.6 is 0 Å². The lowest BCUT2D eigenvalue weighted by atomic mass is 9.74. The summed E-state index contributed by atoms with van der Waals surface area (Å²) in [6.45, 7) is 9.57. The summed E-state index contributed by atoms with van der Waals surface area (Å²) in [7, 11) is 0. The first-order valence-corrected chi connectivity index (χ1v) is 21.1. The van der Waals surface area contributed by atoms with Crippen molar-refractivity contribution in [3.8, 4) is 44.5 Å². The number of hydrogen-bond donors (Lipinski definition) is 0. The molecular formula is C58H47N. The maximum Gasteiger partial charge on any atom is 0.0464 e. The topological polar surface area (TPSA) is 3.24 Å². The summed E-state index contributed by atoms with van der Waals surface area (Å²) in [5.41, 5.74) is 19.2. The van der Waals surface area contributed by atoms with Crippen molar-refractivity contribution in [1.82, 2.24) is 0 Å². The van der Waals surface area contributed by atoms with Crippen molar-refractivity contribution >= 4 is 27.8 Å². The van der Waals surface area contributed by atoms with Gasteiger partial charge in [-0.05, 0) is 131 Å². The maximum atomic E-state index is 2.47. The first-order chi connectivity index (χ1) is 28.8. The molecule has 59 heavy (non-hydrogen) atoms. The molecule has 0 heterocycles. The molecule has 0 bridgehead atoms. The normalized spacial score (nSPS) is 17.6. The van der Waals surface area contributed by atoms with Gasteiger partial charge in [-0.25, -0.2) is 0 Å². The van der Waals surface area contributed by atoms with E-state index in [1.807, 2.05) is 0 Å². The van der Waals surface area contributed by atoms with Crippen LogP contribution in [0.5, 0.6) is 0 Å². The highest BCUT2D eigenvalue weighted by atomic mass is 15.1. The Balaban J connectivity index is 1.03. The summed E-state index contributed by atoms with van der Waals surface area (Å²) in [6.07, 6.45) is 9.24. The van der Waals surface area contributed by atoms with Gasteiger partial charge in [-0.15, -0.1) is 0 Å².